The Labute approximate surface area is 134 Å². The maximum absolute atomic E-state index is 11.2. The van der Waals surface area contributed by atoms with Gasteiger partial charge in [-0.2, -0.15) is 0 Å². The third kappa shape index (κ3) is 2.90. The summed E-state index contributed by atoms with van der Waals surface area (Å²) in [5, 5.41) is 11.2. The Hall–Kier alpha value is -2.82. The summed E-state index contributed by atoms with van der Waals surface area (Å²) in [6.45, 7) is 6.46. The van der Waals surface area contributed by atoms with Crippen LogP contribution in [0.2, 0.25) is 0 Å². The maximum Gasteiger partial charge on any atom is 0.297 e. The molecule has 116 valence electrons. The van der Waals surface area contributed by atoms with Crippen LogP contribution in [0.15, 0.2) is 48.7 Å². The Morgan fingerprint density at radius 2 is 1.74 bits per heavy atom. The second kappa shape index (κ2) is 5.43. The molecule has 0 bridgehead atoms. The summed E-state index contributed by atoms with van der Waals surface area (Å²) in [6.07, 6.45) is 1.65. The van der Waals surface area contributed by atoms with Gasteiger partial charge in [0.25, 0.3) is 5.69 Å². The summed E-state index contributed by atoms with van der Waals surface area (Å²) < 4.78 is 0. The molecule has 23 heavy (non-hydrogen) atoms. The second-order valence-electron chi connectivity index (χ2n) is 6.48. The van der Waals surface area contributed by atoms with Gasteiger partial charge in [0.05, 0.1) is 22.3 Å². The third-order valence-electron chi connectivity index (χ3n) is 3.79. The Morgan fingerprint density at radius 3 is 2.35 bits per heavy atom. The van der Waals surface area contributed by atoms with E-state index in [1.54, 1.807) is 18.3 Å². The molecule has 0 atom stereocenters. The summed E-state index contributed by atoms with van der Waals surface area (Å²) in [5.41, 5.74) is 3.64. The molecule has 0 spiro atoms. The van der Waals surface area contributed by atoms with E-state index in [9.17, 15) is 10.1 Å². The van der Waals surface area contributed by atoms with Crippen molar-refractivity contribution in [2.24, 2.45) is 0 Å². The Balaban J connectivity index is 2.10. The Bertz CT molecular complexity index is 881. The van der Waals surface area contributed by atoms with E-state index in [1.807, 2.05) is 12.1 Å². The average Bonchev–Trinajstić information content (AvgIpc) is 2.53. The monoisotopic (exact) mass is 307 g/mol. The van der Waals surface area contributed by atoms with E-state index in [0.29, 0.717) is 16.7 Å². The first-order valence-corrected chi connectivity index (χ1v) is 7.37. The molecule has 0 amide bonds. The third-order valence-corrected chi connectivity index (χ3v) is 3.79. The minimum atomic E-state index is -0.427. The number of hydrogen-bond acceptors (Lipinski definition) is 4. The zero-order chi connectivity index (χ0) is 16.6. The molecule has 0 aliphatic carbocycles. The lowest BCUT2D eigenvalue weighted by Gasteiger charge is -2.19. The Kier molecular flexibility index (Phi) is 3.56. The highest BCUT2D eigenvalue weighted by molar-refractivity contribution is 5.85. The van der Waals surface area contributed by atoms with E-state index < -0.39 is 4.92 Å². The van der Waals surface area contributed by atoms with Crippen molar-refractivity contribution in [3.8, 4) is 11.3 Å². The van der Waals surface area contributed by atoms with E-state index in [1.165, 1.54) is 11.6 Å². The van der Waals surface area contributed by atoms with Crippen molar-refractivity contribution >= 4 is 16.7 Å². The molecule has 0 fully saturated rings. The minimum absolute atomic E-state index is 0.0249. The SMILES string of the molecule is CC(C)(C)c1ccc(-c2cnc3cccc([N+](=O)[O-])c3n2)cc1. The molecule has 0 radical (unpaired) electrons. The fourth-order valence-electron chi connectivity index (χ4n) is 2.45. The highest BCUT2D eigenvalue weighted by Gasteiger charge is 2.16. The van der Waals surface area contributed by atoms with E-state index in [-0.39, 0.29) is 11.1 Å². The highest BCUT2D eigenvalue weighted by atomic mass is 16.6. The van der Waals surface area contributed by atoms with Gasteiger partial charge in [0.15, 0.2) is 5.52 Å². The van der Waals surface area contributed by atoms with Crippen LogP contribution in [0.25, 0.3) is 22.3 Å². The quantitative estimate of drug-likeness (QED) is 0.516. The van der Waals surface area contributed by atoms with Crippen LogP contribution in [-0.4, -0.2) is 14.9 Å². The summed E-state index contributed by atoms with van der Waals surface area (Å²) in [5.74, 6) is 0. The van der Waals surface area contributed by atoms with Gasteiger partial charge in [-0.25, -0.2) is 4.98 Å². The van der Waals surface area contributed by atoms with Gasteiger partial charge in [0, 0.05) is 11.6 Å². The predicted octanol–water partition coefficient (Wildman–Crippen LogP) is 4.50. The topological polar surface area (TPSA) is 68.9 Å². The molecule has 5 nitrogen and oxygen atoms in total. The number of nitro groups is 1. The molecule has 0 N–H and O–H groups in total. The molecule has 0 aliphatic rings. The molecule has 2 aromatic carbocycles. The van der Waals surface area contributed by atoms with Crippen LogP contribution in [-0.2, 0) is 5.41 Å². The van der Waals surface area contributed by atoms with Crippen LogP contribution in [0.3, 0.4) is 0 Å². The Morgan fingerprint density at radius 1 is 1.04 bits per heavy atom. The highest BCUT2D eigenvalue weighted by Crippen LogP contribution is 2.28. The summed E-state index contributed by atoms with van der Waals surface area (Å²) >= 11 is 0. The fraction of sp³-hybridized carbons (Fsp3) is 0.222. The smallest absolute Gasteiger partial charge is 0.258 e. The molecule has 0 saturated heterocycles. The van der Waals surface area contributed by atoms with Gasteiger partial charge >= 0.3 is 0 Å². The van der Waals surface area contributed by atoms with Gasteiger partial charge in [-0.15, -0.1) is 0 Å². The molecule has 1 heterocycles. The number of rotatable bonds is 2. The number of non-ortho nitro benzene ring substituents is 1. The number of nitro benzene ring substituents is 1. The molecular weight excluding hydrogens is 290 g/mol. The zero-order valence-electron chi connectivity index (χ0n) is 13.3. The number of benzene rings is 2. The molecular formula is C18H17N3O2. The molecule has 3 aromatic rings. The number of para-hydroxylation sites is 1. The molecule has 0 unspecified atom stereocenters. The molecule has 3 rings (SSSR count). The van der Waals surface area contributed by atoms with Gasteiger partial charge in [0.1, 0.15) is 0 Å². The van der Waals surface area contributed by atoms with Crippen LogP contribution >= 0.6 is 0 Å². The van der Waals surface area contributed by atoms with Crippen LogP contribution in [0, 0.1) is 10.1 Å². The van der Waals surface area contributed by atoms with E-state index >= 15 is 0 Å². The van der Waals surface area contributed by atoms with Crippen LogP contribution < -0.4 is 0 Å². The fourth-order valence-corrected chi connectivity index (χ4v) is 2.45. The first kappa shape index (κ1) is 15.1. The molecule has 0 aliphatic heterocycles. The van der Waals surface area contributed by atoms with Crippen molar-refractivity contribution in [1.29, 1.82) is 0 Å². The number of aromatic nitrogens is 2. The van der Waals surface area contributed by atoms with Crippen LogP contribution in [0.4, 0.5) is 5.69 Å². The normalized spacial score (nSPS) is 11.6. The molecule has 5 heteroatoms. The first-order chi connectivity index (χ1) is 10.9. The lowest BCUT2D eigenvalue weighted by molar-refractivity contribution is -0.383. The van der Waals surface area contributed by atoms with E-state index in [0.717, 1.165) is 5.56 Å². The average molecular weight is 307 g/mol. The van der Waals surface area contributed by atoms with Crippen molar-refractivity contribution < 1.29 is 4.92 Å². The summed E-state index contributed by atoms with van der Waals surface area (Å²) in [4.78, 5) is 19.5. The summed E-state index contributed by atoms with van der Waals surface area (Å²) in [7, 11) is 0. The van der Waals surface area contributed by atoms with Crippen LogP contribution in [0.1, 0.15) is 26.3 Å². The van der Waals surface area contributed by atoms with Crippen molar-refractivity contribution in [1.82, 2.24) is 9.97 Å². The van der Waals surface area contributed by atoms with Crippen molar-refractivity contribution in [3.05, 3.63) is 64.3 Å². The number of hydrogen-bond donors (Lipinski definition) is 0. The minimum Gasteiger partial charge on any atom is -0.258 e. The number of fused-ring (bicyclic) bond motifs is 1. The van der Waals surface area contributed by atoms with Crippen molar-refractivity contribution in [3.63, 3.8) is 0 Å². The van der Waals surface area contributed by atoms with Gasteiger partial charge in [-0.1, -0.05) is 51.1 Å². The first-order valence-electron chi connectivity index (χ1n) is 7.37. The summed E-state index contributed by atoms with van der Waals surface area (Å²) in [6, 6.07) is 12.9. The second-order valence-corrected chi connectivity index (χ2v) is 6.48. The lowest BCUT2D eigenvalue weighted by Crippen LogP contribution is -2.10. The zero-order valence-corrected chi connectivity index (χ0v) is 13.3. The van der Waals surface area contributed by atoms with E-state index in [2.05, 4.69) is 42.9 Å². The van der Waals surface area contributed by atoms with Crippen LogP contribution in [0.5, 0.6) is 0 Å². The van der Waals surface area contributed by atoms with Crippen molar-refractivity contribution in [2.45, 2.75) is 26.2 Å². The number of nitrogens with zero attached hydrogens (tertiary/aromatic N) is 3. The predicted molar refractivity (Wildman–Crippen MR) is 90.3 cm³/mol. The standard InChI is InChI=1S/C18H17N3O2/c1-18(2,3)13-9-7-12(8-10-13)15-11-19-14-5-4-6-16(21(22)23)17(14)20-15/h4-11H,1-3H3. The van der Waals surface area contributed by atoms with Gasteiger partial charge in [-0.05, 0) is 17.0 Å². The van der Waals surface area contributed by atoms with Gasteiger partial charge < -0.3 is 0 Å². The maximum atomic E-state index is 11.2. The van der Waals surface area contributed by atoms with Crippen molar-refractivity contribution in [2.75, 3.05) is 0 Å². The molecule has 0 saturated carbocycles. The van der Waals surface area contributed by atoms with Gasteiger partial charge in [0.2, 0.25) is 0 Å². The van der Waals surface area contributed by atoms with Gasteiger partial charge in [-0.3, -0.25) is 15.1 Å². The largest absolute Gasteiger partial charge is 0.297 e. The van der Waals surface area contributed by atoms with E-state index in [4.69, 9.17) is 0 Å². The molecule has 1 aromatic heterocycles. The lowest BCUT2D eigenvalue weighted by atomic mass is 9.86.